The van der Waals surface area contributed by atoms with Crippen molar-refractivity contribution in [2.75, 3.05) is 63.8 Å². The number of amides is 2. The molecule has 3 heterocycles. The van der Waals surface area contributed by atoms with E-state index in [1.54, 1.807) is 20.4 Å². The van der Waals surface area contributed by atoms with Crippen molar-refractivity contribution in [3.05, 3.63) is 71.7 Å². The van der Waals surface area contributed by atoms with Gasteiger partial charge in [0, 0.05) is 51.4 Å². The summed E-state index contributed by atoms with van der Waals surface area (Å²) in [6, 6.07) is 14.2. The van der Waals surface area contributed by atoms with Crippen molar-refractivity contribution in [3.63, 3.8) is 0 Å². The number of fused-ring (bicyclic) bond motifs is 1. The molecule has 1 saturated heterocycles. The quantitative estimate of drug-likeness (QED) is 0.202. The first-order chi connectivity index (χ1) is 23.0. The zero-order valence-corrected chi connectivity index (χ0v) is 27.2. The molecule has 0 aliphatic carbocycles. The van der Waals surface area contributed by atoms with E-state index < -0.39 is 6.09 Å². The molecule has 5 rings (SSSR count). The summed E-state index contributed by atoms with van der Waals surface area (Å²) in [6.07, 6.45) is 6.29. The molecule has 252 valence electrons. The SMILES string of the molecule is COCCCN1C(=O)CCc2ccc(COC3CN(C(=O)O)CCC3c3ccc(OCCCCNc4ncncc4OC)cc3)cc21. The van der Waals surface area contributed by atoms with Crippen molar-refractivity contribution >= 4 is 23.5 Å². The van der Waals surface area contributed by atoms with E-state index in [9.17, 15) is 14.7 Å². The Morgan fingerprint density at radius 2 is 1.91 bits per heavy atom. The van der Waals surface area contributed by atoms with Crippen LogP contribution in [0.25, 0.3) is 0 Å². The predicted molar refractivity (Wildman–Crippen MR) is 177 cm³/mol. The number of rotatable bonds is 16. The minimum Gasteiger partial charge on any atom is -0.494 e. The molecule has 2 atom stereocenters. The Morgan fingerprint density at radius 1 is 1.06 bits per heavy atom. The summed E-state index contributed by atoms with van der Waals surface area (Å²) in [6.45, 7) is 3.59. The van der Waals surface area contributed by atoms with Crippen LogP contribution in [0.4, 0.5) is 16.3 Å². The fraction of sp³-hybridized carbons (Fsp3) is 0.486. The molecule has 3 aromatic rings. The first-order valence-electron chi connectivity index (χ1n) is 16.3. The molecule has 2 N–H and O–H groups in total. The summed E-state index contributed by atoms with van der Waals surface area (Å²) in [5.74, 6) is 2.24. The van der Waals surface area contributed by atoms with E-state index in [-0.39, 0.29) is 17.9 Å². The second-order valence-electron chi connectivity index (χ2n) is 11.8. The number of benzene rings is 2. The third-order valence-electron chi connectivity index (χ3n) is 8.71. The van der Waals surface area contributed by atoms with Crippen molar-refractivity contribution < 1.29 is 33.6 Å². The highest BCUT2D eigenvalue weighted by molar-refractivity contribution is 5.96. The Labute approximate surface area is 276 Å². The molecular weight excluding hydrogens is 602 g/mol. The highest BCUT2D eigenvalue weighted by Crippen LogP contribution is 2.34. The number of carboxylic acid groups (broad SMARTS) is 1. The van der Waals surface area contributed by atoms with Gasteiger partial charge in [0.2, 0.25) is 5.91 Å². The van der Waals surface area contributed by atoms with Gasteiger partial charge in [0.05, 0.1) is 39.2 Å². The number of hydrogen-bond acceptors (Lipinski definition) is 9. The maximum absolute atomic E-state index is 12.7. The second-order valence-corrected chi connectivity index (χ2v) is 11.8. The van der Waals surface area contributed by atoms with E-state index in [1.165, 1.54) is 11.2 Å². The van der Waals surface area contributed by atoms with Crippen LogP contribution in [0.5, 0.6) is 11.5 Å². The maximum Gasteiger partial charge on any atom is 0.407 e. The molecule has 2 aliphatic rings. The van der Waals surface area contributed by atoms with E-state index in [0.29, 0.717) is 63.9 Å². The summed E-state index contributed by atoms with van der Waals surface area (Å²) in [4.78, 5) is 36.0. The maximum atomic E-state index is 12.7. The number of nitrogens with one attached hydrogen (secondary N) is 1. The van der Waals surface area contributed by atoms with Crippen LogP contribution in [-0.2, 0) is 27.3 Å². The van der Waals surface area contributed by atoms with Crippen LogP contribution in [0, 0.1) is 0 Å². The van der Waals surface area contributed by atoms with E-state index in [1.807, 2.05) is 29.2 Å². The topological polar surface area (TPSA) is 136 Å². The van der Waals surface area contributed by atoms with E-state index in [4.69, 9.17) is 18.9 Å². The van der Waals surface area contributed by atoms with E-state index >= 15 is 0 Å². The van der Waals surface area contributed by atoms with Gasteiger partial charge in [-0.2, -0.15) is 0 Å². The van der Waals surface area contributed by atoms with Crippen LogP contribution in [-0.4, -0.2) is 91.7 Å². The van der Waals surface area contributed by atoms with Gasteiger partial charge in [-0.05, 0) is 67.0 Å². The standard InChI is InChI=1S/C35H45N5O7/c1-44-18-5-16-40-30-20-25(6-7-27(30)10-13-33(40)41)23-47-32-22-39(35(42)43)17-14-29(32)26-8-11-28(12-9-26)46-19-4-3-15-37-34-31(45-2)21-36-24-38-34/h6-9,11-12,20-21,24,29,32H,3-5,10,13-19,22-23H2,1-2H3,(H,42,43)(H,36,37,38). The highest BCUT2D eigenvalue weighted by atomic mass is 16.5. The number of aromatic nitrogens is 2. The van der Waals surface area contributed by atoms with Crippen LogP contribution < -0.4 is 19.7 Å². The Hall–Kier alpha value is -4.42. The van der Waals surface area contributed by atoms with Gasteiger partial charge in [0.15, 0.2) is 11.6 Å². The molecule has 2 unspecified atom stereocenters. The number of ether oxygens (including phenoxy) is 4. The number of carbonyl (C=O) groups is 2. The average Bonchev–Trinajstić information content (AvgIpc) is 3.10. The lowest BCUT2D eigenvalue weighted by atomic mass is 9.87. The number of aryl methyl sites for hydroxylation is 1. The minimum absolute atomic E-state index is 0.0364. The summed E-state index contributed by atoms with van der Waals surface area (Å²) < 4.78 is 22.9. The number of hydrogen-bond donors (Lipinski definition) is 2. The Kier molecular flexibility index (Phi) is 12.2. The predicted octanol–water partition coefficient (Wildman–Crippen LogP) is 5.12. The molecule has 1 aromatic heterocycles. The highest BCUT2D eigenvalue weighted by Gasteiger charge is 2.33. The van der Waals surface area contributed by atoms with Gasteiger partial charge in [-0.15, -0.1) is 0 Å². The van der Waals surface area contributed by atoms with Crippen molar-refractivity contribution in [1.29, 1.82) is 0 Å². The van der Waals surface area contributed by atoms with Crippen LogP contribution in [0.3, 0.4) is 0 Å². The van der Waals surface area contributed by atoms with Crippen molar-refractivity contribution in [3.8, 4) is 11.5 Å². The normalized spacial score (nSPS) is 17.7. The monoisotopic (exact) mass is 647 g/mol. The lowest BCUT2D eigenvalue weighted by molar-refractivity contribution is -0.118. The summed E-state index contributed by atoms with van der Waals surface area (Å²) in [7, 11) is 3.26. The van der Waals surface area contributed by atoms with Gasteiger partial charge in [-0.3, -0.25) is 4.79 Å². The first kappa shape index (κ1) is 33.9. The number of methoxy groups -OCH3 is 2. The Balaban J connectivity index is 1.16. The van der Waals surface area contributed by atoms with E-state index in [2.05, 4.69) is 33.5 Å². The lowest BCUT2D eigenvalue weighted by Crippen LogP contribution is -2.46. The van der Waals surface area contributed by atoms with E-state index in [0.717, 1.165) is 60.4 Å². The van der Waals surface area contributed by atoms with Crippen LogP contribution in [0.1, 0.15) is 54.7 Å². The largest absolute Gasteiger partial charge is 0.494 e. The molecule has 0 radical (unpaired) electrons. The molecule has 1 fully saturated rings. The molecule has 47 heavy (non-hydrogen) atoms. The number of piperidine rings is 1. The molecule has 2 aliphatic heterocycles. The van der Waals surface area contributed by atoms with Crippen molar-refractivity contribution in [1.82, 2.24) is 14.9 Å². The van der Waals surface area contributed by atoms with Gasteiger partial charge in [-0.25, -0.2) is 14.8 Å². The molecule has 12 heteroatoms. The van der Waals surface area contributed by atoms with Gasteiger partial charge in [0.1, 0.15) is 12.1 Å². The summed E-state index contributed by atoms with van der Waals surface area (Å²) in [5, 5.41) is 13.0. The summed E-state index contributed by atoms with van der Waals surface area (Å²) >= 11 is 0. The van der Waals surface area contributed by atoms with Crippen LogP contribution in [0.15, 0.2) is 55.0 Å². The third kappa shape index (κ3) is 9.11. The number of likely N-dealkylation sites (tertiary alicyclic amines) is 1. The van der Waals surface area contributed by atoms with Gasteiger partial charge in [0.25, 0.3) is 0 Å². The minimum atomic E-state index is -0.939. The number of unbranched alkanes of at least 4 members (excludes halogenated alkanes) is 1. The van der Waals surface area contributed by atoms with Crippen LogP contribution in [0.2, 0.25) is 0 Å². The lowest BCUT2D eigenvalue weighted by Gasteiger charge is -2.37. The molecule has 0 spiro atoms. The first-order valence-corrected chi connectivity index (χ1v) is 16.3. The van der Waals surface area contributed by atoms with Gasteiger partial charge < -0.3 is 39.2 Å². The average molecular weight is 648 g/mol. The zero-order valence-electron chi connectivity index (χ0n) is 27.2. The smallest absolute Gasteiger partial charge is 0.407 e. The number of anilines is 2. The Bertz CT molecular complexity index is 1470. The molecule has 0 bridgehead atoms. The fourth-order valence-electron chi connectivity index (χ4n) is 6.16. The molecular formula is C35H45N5O7. The van der Waals surface area contributed by atoms with Crippen molar-refractivity contribution in [2.45, 2.75) is 57.2 Å². The second kappa shape index (κ2) is 16.9. The number of carbonyl (C=O) groups excluding carboxylic acids is 1. The van der Waals surface area contributed by atoms with Crippen molar-refractivity contribution in [2.24, 2.45) is 0 Å². The molecule has 0 saturated carbocycles. The number of nitrogens with zero attached hydrogens (tertiary/aromatic N) is 4. The fourth-order valence-corrected chi connectivity index (χ4v) is 6.16. The molecule has 12 nitrogen and oxygen atoms in total. The van der Waals surface area contributed by atoms with Gasteiger partial charge in [-0.1, -0.05) is 24.3 Å². The third-order valence-corrected chi connectivity index (χ3v) is 8.71. The van der Waals surface area contributed by atoms with Gasteiger partial charge >= 0.3 is 6.09 Å². The zero-order chi connectivity index (χ0) is 33.0. The molecule has 2 aromatic carbocycles. The van der Waals surface area contributed by atoms with Crippen LogP contribution >= 0.6 is 0 Å². The Morgan fingerprint density at radius 3 is 2.70 bits per heavy atom. The summed E-state index contributed by atoms with van der Waals surface area (Å²) in [5.41, 5.74) is 4.14. The molecule has 2 amide bonds.